The van der Waals surface area contributed by atoms with Gasteiger partial charge in [-0.15, -0.1) is 0 Å². The van der Waals surface area contributed by atoms with E-state index >= 15 is 0 Å². The van der Waals surface area contributed by atoms with Gasteiger partial charge in [-0.25, -0.2) is 0 Å². The van der Waals surface area contributed by atoms with Gasteiger partial charge in [-0.2, -0.15) is 11.1 Å². The first-order valence-electron chi connectivity index (χ1n) is 8.60. The minimum absolute atomic E-state index is 0.717. The second-order valence-corrected chi connectivity index (χ2v) is 20.7. The van der Waals surface area contributed by atoms with Crippen molar-refractivity contribution in [1.29, 1.82) is 0 Å². The molecule has 0 saturated heterocycles. The van der Waals surface area contributed by atoms with Crippen molar-refractivity contribution in [2.45, 2.75) is 9.79 Å². The third kappa shape index (κ3) is 5.96. The number of anilines is 3. The van der Waals surface area contributed by atoms with Gasteiger partial charge in [0.2, 0.25) is 0 Å². The van der Waals surface area contributed by atoms with E-state index in [4.69, 9.17) is 53.8 Å². The van der Waals surface area contributed by atoms with Crippen LogP contribution in [0.1, 0.15) is 0 Å². The topological polar surface area (TPSA) is 3.24 Å². The van der Waals surface area contributed by atoms with Crippen LogP contribution in [0.15, 0.2) is 82.6 Å². The lowest BCUT2D eigenvalue weighted by Crippen LogP contribution is -2.13. The van der Waals surface area contributed by atoms with Crippen LogP contribution < -0.4 is 10.1 Å². The number of rotatable bonds is 6. The van der Waals surface area contributed by atoms with Crippen LogP contribution >= 0.6 is 70.7 Å². The molecule has 3 rings (SSSR count). The van der Waals surface area contributed by atoms with E-state index in [2.05, 4.69) is 29.2 Å². The molecule has 0 heterocycles. The maximum atomic E-state index is 6.32. The van der Waals surface area contributed by atoms with Crippen LogP contribution in [0.3, 0.4) is 0 Å². The first kappa shape index (κ1) is 23.5. The van der Waals surface area contributed by atoms with Crippen molar-refractivity contribution in [3.05, 3.63) is 72.8 Å². The SMILES string of the molecule is CS(Cl)(Cl)c1ccc(N(c2ccc([SiH2]Cl)cc2)c2ccc(S(C)(Cl)Cl)cc2)cc1. The highest BCUT2D eigenvalue weighted by Crippen LogP contribution is 2.63. The Bertz CT molecular complexity index is 895. The number of benzene rings is 3. The maximum absolute atomic E-state index is 6.32. The summed E-state index contributed by atoms with van der Waals surface area (Å²) in [5.41, 5.74) is 3.04. The molecule has 0 aromatic heterocycles. The minimum atomic E-state index is -1.82. The van der Waals surface area contributed by atoms with E-state index in [0.29, 0.717) is 0 Å². The molecule has 0 unspecified atom stereocenters. The van der Waals surface area contributed by atoms with Crippen LogP contribution in [0, 0.1) is 0 Å². The van der Waals surface area contributed by atoms with Crippen molar-refractivity contribution in [3.8, 4) is 0 Å². The van der Waals surface area contributed by atoms with Gasteiger partial charge >= 0.3 is 0 Å². The van der Waals surface area contributed by atoms with Crippen LogP contribution in [0.25, 0.3) is 0 Å². The van der Waals surface area contributed by atoms with E-state index in [-0.39, 0.29) is 0 Å². The summed E-state index contributed by atoms with van der Waals surface area (Å²) in [7, 11) is 20.9. The van der Waals surface area contributed by atoms with Gasteiger partial charge in [0.25, 0.3) is 0 Å². The number of hydrogen-bond donors (Lipinski definition) is 0. The number of nitrogens with zero attached hydrogens (tertiary/aromatic N) is 1. The Morgan fingerprint density at radius 2 is 0.897 bits per heavy atom. The van der Waals surface area contributed by atoms with Crippen LogP contribution in [0.5, 0.6) is 0 Å². The highest BCUT2D eigenvalue weighted by molar-refractivity contribution is 8.65. The van der Waals surface area contributed by atoms with E-state index in [1.807, 2.05) is 61.0 Å². The summed E-state index contributed by atoms with van der Waals surface area (Å²) in [5.74, 6) is 0. The largest absolute Gasteiger partial charge is 0.311 e. The predicted molar refractivity (Wildman–Crippen MR) is 142 cm³/mol. The second kappa shape index (κ2) is 9.54. The molecule has 156 valence electrons. The second-order valence-electron chi connectivity index (χ2n) is 6.57. The molecular weight excluding hydrogens is 524 g/mol. The average molecular weight is 544 g/mol. The van der Waals surface area contributed by atoms with Gasteiger partial charge in [-0.05, 0) is 121 Å². The van der Waals surface area contributed by atoms with Gasteiger partial charge < -0.3 is 4.90 Å². The lowest BCUT2D eigenvalue weighted by molar-refractivity contribution is 1.26. The molecule has 0 amide bonds. The normalized spacial score (nSPS) is 13.6. The van der Waals surface area contributed by atoms with Crippen LogP contribution in [-0.4, -0.2) is 21.3 Å². The Labute approximate surface area is 200 Å². The van der Waals surface area contributed by atoms with Gasteiger partial charge in [0.1, 0.15) is 0 Å². The Morgan fingerprint density at radius 3 is 1.17 bits per heavy atom. The summed E-state index contributed by atoms with van der Waals surface area (Å²) in [6.45, 7) is 0. The monoisotopic (exact) mass is 541 g/mol. The summed E-state index contributed by atoms with van der Waals surface area (Å²) >= 11 is 6.09. The highest BCUT2D eigenvalue weighted by atomic mass is 36.0. The summed E-state index contributed by atoms with van der Waals surface area (Å²) in [6, 6.07) is 24.4. The zero-order valence-electron chi connectivity index (χ0n) is 15.8. The molecule has 1 nitrogen and oxygen atoms in total. The molecule has 0 fully saturated rings. The smallest absolute Gasteiger partial charge is 0.155 e. The molecule has 0 aliphatic rings. The molecule has 0 aliphatic heterocycles. The fourth-order valence-corrected chi connectivity index (χ4v) is 6.26. The Kier molecular flexibility index (Phi) is 7.72. The van der Waals surface area contributed by atoms with Crippen LogP contribution in [-0.2, 0) is 0 Å². The molecule has 0 spiro atoms. The minimum Gasteiger partial charge on any atom is -0.311 e. The fourth-order valence-electron chi connectivity index (χ4n) is 2.85. The molecule has 0 aliphatic carbocycles. The molecule has 0 atom stereocenters. The maximum Gasteiger partial charge on any atom is 0.155 e. The lowest BCUT2D eigenvalue weighted by Gasteiger charge is -2.28. The molecule has 0 saturated carbocycles. The zero-order valence-corrected chi connectivity index (χ0v) is 22.6. The van der Waals surface area contributed by atoms with E-state index in [0.717, 1.165) is 26.9 Å². The predicted octanol–water partition coefficient (Wildman–Crippen LogP) is 8.31. The van der Waals surface area contributed by atoms with Crippen LogP contribution in [0.2, 0.25) is 0 Å². The quantitative estimate of drug-likeness (QED) is 0.223. The molecule has 0 radical (unpaired) electrons. The van der Waals surface area contributed by atoms with E-state index < -0.39 is 25.7 Å². The molecule has 3 aromatic carbocycles. The van der Waals surface area contributed by atoms with Crippen molar-refractivity contribution in [2.75, 3.05) is 17.4 Å². The first-order valence-corrected chi connectivity index (χ1v) is 18.8. The van der Waals surface area contributed by atoms with Gasteiger partial charge in [0.05, 0.1) is 0 Å². The molecule has 0 bridgehead atoms. The average Bonchev–Trinajstić information content (AvgIpc) is 2.68. The highest BCUT2D eigenvalue weighted by Gasteiger charge is 2.18. The molecule has 0 N–H and O–H groups in total. The fraction of sp³-hybridized carbons (Fsp3) is 0.100. The summed E-state index contributed by atoms with van der Waals surface area (Å²) < 4.78 is 0. The van der Waals surface area contributed by atoms with Crippen molar-refractivity contribution >= 4 is 102 Å². The Morgan fingerprint density at radius 1 is 0.586 bits per heavy atom. The van der Waals surface area contributed by atoms with Crippen LogP contribution in [0.4, 0.5) is 17.1 Å². The third-order valence-corrected chi connectivity index (χ3v) is 10.4. The zero-order chi connectivity index (χ0) is 21.2. The van der Waals surface area contributed by atoms with E-state index in [1.54, 1.807) is 0 Å². The van der Waals surface area contributed by atoms with Crippen molar-refractivity contribution in [3.63, 3.8) is 0 Å². The van der Waals surface area contributed by atoms with Crippen molar-refractivity contribution in [2.24, 2.45) is 0 Å². The van der Waals surface area contributed by atoms with E-state index in [9.17, 15) is 0 Å². The molecular formula is C20H20Cl5NS2Si. The lowest BCUT2D eigenvalue weighted by atomic mass is 10.2. The van der Waals surface area contributed by atoms with E-state index in [1.165, 1.54) is 5.19 Å². The standard InChI is InChI=1S/C20H20Cl5NS2Si/c1-27(21,22)18-9-3-15(4-10-18)26(17-7-13-20(29-25)14-8-17)16-5-11-19(12-6-16)28(2,23)24/h3-14H,29H2,1-2H3. The van der Waals surface area contributed by atoms with Gasteiger partial charge in [-0.1, -0.05) is 29.0 Å². The first-order chi connectivity index (χ1) is 13.6. The Hall–Kier alpha value is -0.173. The van der Waals surface area contributed by atoms with Gasteiger partial charge in [0, 0.05) is 26.9 Å². The number of hydrogen-bond acceptors (Lipinski definition) is 1. The van der Waals surface area contributed by atoms with Crippen molar-refractivity contribution < 1.29 is 0 Å². The van der Waals surface area contributed by atoms with Gasteiger partial charge in [0.15, 0.2) is 8.83 Å². The summed E-state index contributed by atoms with van der Waals surface area (Å²) in [4.78, 5) is 4.01. The van der Waals surface area contributed by atoms with Gasteiger partial charge in [-0.3, -0.25) is 0 Å². The molecule has 9 heteroatoms. The Balaban J connectivity index is 2.06. The summed E-state index contributed by atoms with van der Waals surface area (Å²) in [6.07, 6.45) is 3.68. The molecule has 3 aromatic rings. The van der Waals surface area contributed by atoms with Crippen molar-refractivity contribution in [1.82, 2.24) is 0 Å². The molecule has 29 heavy (non-hydrogen) atoms. The summed E-state index contributed by atoms with van der Waals surface area (Å²) in [5, 5.41) is 1.20. The third-order valence-electron chi connectivity index (χ3n) is 4.37. The number of halogens is 5.